The number of ether oxygens (including phenoxy) is 3. The first kappa shape index (κ1) is 17.0. The van der Waals surface area contributed by atoms with E-state index >= 15 is 0 Å². The van der Waals surface area contributed by atoms with Crippen LogP contribution in [0.2, 0.25) is 5.02 Å². The highest BCUT2D eigenvalue weighted by molar-refractivity contribution is 6.32. The molecule has 1 aromatic carbocycles. The van der Waals surface area contributed by atoms with Crippen LogP contribution in [-0.2, 0) is 9.53 Å². The van der Waals surface area contributed by atoms with E-state index in [1.807, 2.05) is 0 Å². The summed E-state index contributed by atoms with van der Waals surface area (Å²) in [6.45, 7) is 1.63. The first-order valence-corrected chi connectivity index (χ1v) is 7.08. The Bertz CT molecular complexity index is 687. The largest absolute Gasteiger partial charge is 0.493 e. The van der Waals surface area contributed by atoms with Crippen molar-refractivity contribution in [3.63, 3.8) is 0 Å². The van der Waals surface area contributed by atoms with E-state index in [2.05, 4.69) is 10.6 Å². The maximum absolute atomic E-state index is 12.1. The van der Waals surface area contributed by atoms with E-state index in [1.54, 1.807) is 19.1 Å². The van der Waals surface area contributed by atoms with Gasteiger partial charge in [-0.1, -0.05) is 11.6 Å². The van der Waals surface area contributed by atoms with Crippen LogP contribution in [0, 0.1) is 0 Å². The van der Waals surface area contributed by atoms with Crippen LogP contribution in [0.3, 0.4) is 0 Å². The van der Waals surface area contributed by atoms with Gasteiger partial charge in [0.15, 0.2) is 11.5 Å². The summed E-state index contributed by atoms with van der Waals surface area (Å²) in [5.41, 5.74) is 1.27. The molecule has 1 aliphatic rings. The highest BCUT2D eigenvalue weighted by atomic mass is 35.5. The van der Waals surface area contributed by atoms with Crippen molar-refractivity contribution in [3.05, 3.63) is 34.0 Å². The van der Waals surface area contributed by atoms with Gasteiger partial charge in [0.05, 0.1) is 38.0 Å². The fourth-order valence-corrected chi connectivity index (χ4v) is 2.73. The number of carbonyl (C=O) groups excluding carboxylic acids is 2. The highest BCUT2D eigenvalue weighted by Gasteiger charge is 2.32. The zero-order valence-electron chi connectivity index (χ0n) is 13.2. The summed E-state index contributed by atoms with van der Waals surface area (Å²) >= 11 is 6.20. The lowest BCUT2D eigenvalue weighted by Gasteiger charge is -2.28. The van der Waals surface area contributed by atoms with Crippen molar-refractivity contribution >= 4 is 23.6 Å². The Hall–Kier alpha value is -2.41. The Morgan fingerprint density at radius 3 is 2.48 bits per heavy atom. The molecule has 8 heteroatoms. The van der Waals surface area contributed by atoms with Crippen LogP contribution >= 0.6 is 11.6 Å². The zero-order valence-corrected chi connectivity index (χ0v) is 13.9. The van der Waals surface area contributed by atoms with Crippen molar-refractivity contribution in [2.24, 2.45) is 0 Å². The van der Waals surface area contributed by atoms with Crippen LogP contribution in [0.1, 0.15) is 18.5 Å². The summed E-state index contributed by atoms with van der Waals surface area (Å²) < 4.78 is 15.2. The van der Waals surface area contributed by atoms with Crippen LogP contribution in [0.15, 0.2) is 23.4 Å². The number of methoxy groups -OCH3 is 3. The molecule has 1 atom stereocenters. The molecule has 0 saturated heterocycles. The van der Waals surface area contributed by atoms with Gasteiger partial charge >= 0.3 is 12.0 Å². The minimum absolute atomic E-state index is 0.287. The minimum Gasteiger partial charge on any atom is -0.493 e. The second kappa shape index (κ2) is 6.78. The van der Waals surface area contributed by atoms with Gasteiger partial charge in [0.25, 0.3) is 0 Å². The predicted molar refractivity (Wildman–Crippen MR) is 83.7 cm³/mol. The number of hydrogen-bond acceptors (Lipinski definition) is 5. The van der Waals surface area contributed by atoms with E-state index in [9.17, 15) is 9.59 Å². The van der Waals surface area contributed by atoms with Crippen LogP contribution in [-0.4, -0.2) is 33.3 Å². The summed E-state index contributed by atoms with van der Waals surface area (Å²) in [5.74, 6) is 0.217. The first-order valence-electron chi connectivity index (χ1n) is 6.71. The first-order chi connectivity index (χ1) is 10.9. The lowest BCUT2D eigenvalue weighted by Crippen LogP contribution is -2.45. The van der Waals surface area contributed by atoms with Crippen LogP contribution in [0.4, 0.5) is 4.79 Å². The van der Waals surface area contributed by atoms with Crippen molar-refractivity contribution in [3.8, 4) is 11.5 Å². The van der Waals surface area contributed by atoms with E-state index in [0.717, 1.165) is 0 Å². The number of halogens is 1. The molecule has 2 rings (SSSR count). The Kier molecular flexibility index (Phi) is 5.00. The summed E-state index contributed by atoms with van der Waals surface area (Å²) in [5, 5.41) is 5.53. The van der Waals surface area contributed by atoms with Gasteiger partial charge < -0.3 is 24.8 Å². The second-order valence-electron chi connectivity index (χ2n) is 4.80. The smallest absolute Gasteiger partial charge is 0.337 e. The zero-order chi connectivity index (χ0) is 17.1. The molecule has 0 aliphatic carbocycles. The van der Waals surface area contributed by atoms with Crippen LogP contribution in [0.25, 0.3) is 0 Å². The molecule has 0 saturated carbocycles. The van der Waals surface area contributed by atoms with Crippen molar-refractivity contribution in [2.75, 3.05) is 21.3 Å². The molecular weight excluding hydrogens is 324 g/mol. The number of carbonyl (C=O) groups is 2. The van der Waals surface area contributed by atoms with E-state index in [1.165, 1.54) is 21.3 Å². The summed E-state index contributed by atoms with van der Waals surface area (Å²) in [7, 11) is 4.22. The Balaban J connectivity index is 2.58. The van der Waals surface area contributed by atoms with Gasteiger partial charge in [-0.2, -0.15) is 0 Å². The molecule has 0 fully saturated rings. The average molecular weight is 341 g/mol. The number of nitrogens with one attached hydrogen (secondary N) is 2. The third-order valence-electron chi connectivity index (χ3n) is 3.46. The summed E-state index contributed by atoms with van der Waals surface area (Å²) in [6, 6.07) is 2.12. The van der Waals surface area contributed by atoms with Gasteiger partial charge in [0.1, 0.15) is 0 Å². The molecule has 0 radical (unpaired) electrons. The fourth-order valence-electron chi connectivity index (χ4n) is 2.43. The maximum atomic E-state index is 12.1. The van der Waals surface area contributed by atoms with Gasteiger partial charge in [0, 0.05) is 5.70 Å². The number of rotatable bonds is 4. The average Bonchev–Trinajstić information content (AvgIpc) is 2.52. The molecule has 0 spiro atoms. The summed E-state index contributed by atoms with van der Waals surface area (Å²) in [4.78, 5) is 23.8. The molecule has 0 bridgehead atoms. The number of hydrogen-bond donors (Lipinski definition) is 2. The molecule has 2 N–H and O–H groups in total. The minimum atomic E-state index is -0.714. The van der Waals surface area contributed by atoms with Crippen LogP contribution in [0.5, 0.6) is 11.5 Å². The van der Waals surface area contributed by atoms with Crippen LogP contribution < -0.4 is 20.1 Å². The molecule has 124 valence electrons. The molecular formula is C15H17ClN2O5. The number of esters is 1. The second-order valence-corrected chi connectivity index (χ2v) is 5.21. The predicted octanol–water partition coefficient (Wildman–Crippen LogP) is 2.16. The van der Waals surface area contributed by atoms with Gasteiger partial charge in [-0.15, -0.1) is 0 Å². The Morgan fingerprint density at radius 2 is 1.91 bits per heavy atom. The Morgan fingerprint density at radius 1 is 1.22 bits per heavy atom. The highest BCUT2D eigenvalue weighted by Crippen LogP contribution is 2.39. The van der Waals surface area contributed by atoms with Crippen molar-refractivity contribution in [1.82, 2.24) is 10.6 Å². The topological polar surface area (TPSA) is 85.9 Å². The molecule has 0 unspecified atom stereocenters. The van der Waals surface area contributed by atoms with Gasteiger partial charge in [-0.05, 0) is 24.6 Å². The molecule has 1 aromatic rings. The molecule has 1 aliphatic heterocycles. The van der Waals surface area contributed by atoms with Crippen molar-refractivity contribution in [1.29, 1.82) is 0 Å². The standard InChI is InChI=1S/C15H17ClN2O5/c1-7-11(14(19)23-4)12(18-15(20)17-7)8-5-9(16)13(22-3)10(6-8)21-2/h5-6,12H,1-4H3,(H2,17,18,20)/t12-/m1/s1. The Labute approximate surface area is 138 Å². The number of urea groups is 1. The van der Waals surface area contributed by atoms with Crippen molar-refractivity contribution < 1.29 is 23.8 Å². The molecule has 0 aromatic heterocycles. The van der Waals surface area contributed by atoms with Crippen molar-refractivity contribution in [2.45, 2.75) is 13.0 Å². The monoisotopic (exact) mass is 340 g/mol. The summed E-state index contributed by atoms with van der Waals surface area (Å²) in [6.07, 6.45) is 0. The third kappa shape index (κ3) is 3.19. The molecule has 23 heavy (non-hydrogen) atoms. The fraction of sp³-hybridized carbons (Fsp3) is 0.333. The lowest BCUT2D eigenvalue weighted by atomic mass is 9.95. The molecule has 7 nitrogen and oxygen atoms in total. The van der Waals surface area contributed by atoms with Gasteiger partial charge in [0.2, 0.25) is 0 Å². The maximum Gasteiger partial charge on any atom is 0.337 e. The SMILES string of the molecule is COC(=O)C1=C(C)NC(=O)N[C@@H]1c1cc(Cl)c(OC)c(OC)c1. The third-order valence-corrected chi connectivity index (χ3v) is 3.74. The van der Waals surface area contributed by atoms with E-state index in [-0.39, 0.29) is 5.57 Å². The molecule has 1 heterocycles. The molecule has 2 amide bonds. The number of benzene rings is 1. The number of amides is 2. The van der Waals surface area contributed by atoms with Gasteiger partial charge in [-0.25, -0.2) is 9.59 Å². The van der Waals surface area contributed by atoms with Gasteiger partial charge in [-0.3, -0.25) is 0 Å². The van der Waals surface area contributed by atoms with E-state index < -0.39 is 18.0 Å². The van der Waals surface area contributed by atoms with E-state index in [0.29, 0.717) is 27.8 Å². The van der Waals surface area contributed by atoms with E-state index in [4.69, 9.17) is 25.8 Å². The quantitative estimate of drug-likeness (QED) is 0.820. The lowest BCUT2D eigenvalue weighted by molar-refractivity contribution is -0.136. The number of allylic oxidation sites excluding steroid dienone is 1. The normalized spacial score (nSPS) is 17.3.